The van der Waals surface area contributed by atoms with Crippen molar-refractivity contribution in [2.24, 2.45) is 5.73 Å². The predicted octanol–water partition coefficient (Wildman–Crippen LogP) is 3.39. The van der Waals surface area contributed by atoms with Crippen molar-refractivity contribution in [2.45, 2.75) is 5.92 Å². The van der Waals surface area contributed by atoms with Crippen molar-refractivity contribution in [3.8, 4) is 29.1 Å². The average molecular weight is 403 g/mol. The summed E-state index contributed by atoms with van der Waals surface area (Å²) in [6.45, 7) is 0. The van der Waals surface area contributed by atoms with E-state index in [-0.39, 0.29) is 17.2 Å². The summed E-state index contributed by atoms with van der Waals surface area (Å²) in [5.74, 6) is 1.10. The van der Waals surface area contributed by atoms with Gasteiger partial charge in [-0.25, -0.2) is 0 Å². The van der Waals surface area contributed by atoms with Gasteiger partial charge in [-0.1, -0.05) is 6.07 Å². The first-order valence-electron chi connectivity index (χ1n) is 7.32. The number of phenolic OH excluding ortho intramolecular Hbond substituents is 1. The SMILES string of the molecule is COc1cc([C@H]2C(C#N)=C(N)Oc3cc(O)ccc32)cc(Br)c1OC. The second-order valence-corrected chi connectivity index (χ2v) is 6.24. The van der Waals surface area contributed by atoms with Gasteiger partial charge in [0.1, 0.15) is 23.1 Å². The minimum atomic E-state index is -0.453. The summed E-state index contributed by atoms with van der Waals surface area (Å²) < 4.78 is 16.9. The molecule has 0 spiro atoms. The molecule has 0 aliphatic carbocycles. The fourth-order valence-electron chi connectivity index (χ4n) is 2.89. The van der Waals surface area contributed by atoms with Gasteiger partial charge < -0.3 is 25.1 Å². The van der Waals surface area contributed by atoms with Gasteiger partial charge in [-0.05, 0) is 39.7 Å². The normalized spacial score (nSPS) is 15.8. The van der Waals surface area contributed by atoms with E-state index in [0.717, 1.165) is 11.1 Å². The Morgan fingerprint density at radius 3 is 2.64 bits per heavy atom. The summed E-state index contributed by atoms with van der Waals surface area (Å²) in [4.78, 5) is 0. The minimum absolute atomic E-state index is 0.0107. The molecule has 0 unspecified atom stereocenters. The summed E-state index contributed by atoms with van der Waals surface area (Å²) >= 11 is 3.47. The first-order chi connectivity index (χ1) is 12.0. The van der Waals surface area contributed by atoms with Gasteiger partial charge in [0.05, 0.1) is 24.6 Å². The molecule has 1 aliphatic heterocycles. The van der Waals surface area contributed by atoms with Crippen LogP contribution in [-0.2, 0) is 0 Å². The molecule has 0 saturated heterocycles. The van der Waals surface area contributed by atoms with Gasteiger partial charge >= 0.3 is 0 Å². The Labute approximate surface area is 153 Å². The fourth-order valence-corrected chi connectivity index (χ4v) is 3.51. The minimum Gasteiger partial charge on any atom is -0.508 e. The number of methoxy groups -OCH3 is 2. The molecule has 0 bridgehead atoms. The molecule has 7 heteroatoms. The van der Waals surface area contributed by atoms with Crippen LogP contribution in [0, 0.1) is 11.3 Å². The summed E-state index contributed by atoms with van der Waals surface area (Å²) in [7, 11) is 3.09. The lowest BCUT2D eigenvalue weighted by molar-refractivity contribution is 0.352. The number of allylic oxidation sites excluding steroid dienone is 1. The maximum absolute atomic E-state index is 9.70. The van der Waals surface area contributed by atoms with Crippen molar-refractivity contribution in [3.63, 3.8) is 0 Å². The third-order valence-corrected chi connectivity index (χ3v) is 4.58. The number of nitrogens with two attached hydrogens (primary N) is 1. The molecule has 128 valence electrons. The van der Waals surface area contributed by atoms with Crippen LogP contribution in [0.4, 0.5) is 0 Å². The van der Waals surface area contributed by atoms with Crippen LogP contribution in [-0.4, -0.2) is 19.3 Å². The zero-order chi connectivity index (χ0) is 18.1. The van der Waals surface area contributed by atoms with E-state index in [0.29, 0.717) is 21.7 Å². The largest absolute Gasteiger partial charge is 0.508 e. The summed E-state index contributed by atoms with van der Waals surface area (Å²) in [6.07, 6.45) is 0. The first kappa shape index (κ1) is 17.0. The van der Waals surface area contributed by atoms with Crippen molar-refractivity contribution in [1.29, 1.82) is 5.26 Å². The van der Waals surface area contributed by atoms with E-state index in [1.807, 2.05) is 6.07 Å². The molecule has 3 N–H and O–H groups in total. The lowest BCUT2D eigenvalue weighted by atomic mass is 9.83. The van der Waals surface area contributed by atoms with Crippen LogP contribution in [0.2, 0.25) is 0 Å². The molecule has 1 heterocycles. The zero-order valence-electron chi connectivity index (χ0n) is 13.5. The Kier molecular flexibility index (Phi) is 4.47. The number of fused-ring (bicyclic) bond motifs is 1. The summed E-state index contributed by atoms with van der Waals surface area (Å²) in [5, 5.41) is 19.3. The zero-order valence-corrected chi connectivity index (χ0v) is 15.1. The Morgan fingerprint density at radius 2 is 2.00 bits per heavy atom. The highest BCUT2D eigenvalue weighted by molar-refractivity contribution is 9.10. The topological polar surface area (TPSA) is 97.7 Å². The summed E-state index contributed by atoms with van der Waals surface area (Å²) in [6, 6.07) is 10.5. The van der Waals surface area contributed by atoms with Gasteiger partial charge in [0.2, 0.25) is 5.88 Å². The molecule has 2 aromatic carbocycles. The quantitative estimate of drug-likeness (QED) is 0.816. The molecule has 0 saturated carbocycles. The highest BCUT2D eigenvalue weighted by atomic mass is 79.9. The molecule has 3 rings (SSSR count). The number of halogens is 1. The van der Waals surface area contributed by atoms with E-state index in [4.69, 9.17) is 19.9 Å². The molecule has 6 nitrogen and oxygen atoms in total. The third kappa shape index (κ3) is 2.85. The van der Waals surface area contributed by atoms with Crippen LogP contribution < -0.4 is 19.9 Å². The third-order valence-electron chi connectivity index (χ3n) is 3.99. The van der Waals surface area contributed by atoms with Crippen LogP contribution in [0.25, 0.3) is 0 Å². The number of aromatic hydroxyl groups is 1. The van der Waals surface area contributed by atoms with Crippen LogP contribution in [0.3, 0.4) is 0 Å². The second kappa shape index (κ2) is 6.57. The molecule has 0 fully saturated rings. The van der Waals surface area contributed by atoms with Crippen molar-refractivity contribution < 1.29 is 19.3 Å². The molecular weight excluding hydrogens is 388 g/mol. The van der Waals surface area contributed by atoms with Crippen LogP contribution >= 0.6 is 15.9 Å². The number of ether oxygens (including phenoxy) is 3. The molecule has 0 amide bonds. The smallest absolute Gasteiger partial charge is 0.205 e. The lowest BCUT2D eigenvalue weighted by Gasteiger charge is -2.27. The van der Waals surface area contributed by atoms with Crippen molar-refractivity contribution >= 4 is 15.9 Å². The van der Waals surface area contributed by atoms with Gasteiger partial charge in [0.25, 0.3) is 0 Å². The van der Waals surface area contributed by atoms with Gasteiger partial charge in [-0.2, -0.15) is 5.26 Å². The number of phenols is 1. The van der Waals surface area contributed by atoms with Crippen LogP contribution in [0.15, 0.2) is 46.3 Å². The van der Waals surface area contributed by atoms with Gasteiger partial charge in [-0.15, -0.1) is 0 Å². The van der Waals surface area contributed by atoms with Crippen molar-refractivity contribution in [3.05, 3.63) is 57.4 Å². The number of nitriles is 1. The van der Waals surface area contributed by atoms with Gasteiger partial charge in [0.15, 0.2) is 11.5 Å². The standard InChI is InChI=1S/C18H15BrN2O4/c1-23-15-6-9(5-13(19)17(15)24-2)16-11-4-3-10(22)7-14(11)25-18(21)12(16)8-20/h3-7,16,22H,21H2,1-2H3/t16-/m1/s1. The van der Waals surface area contributed by atoms with E-state index in [2.05, 4.69) is 22.0 Å². The van der Waals surface area contributed by atoms with E-state index < -0.39 is 5.92 Å². The monoisotopic (exact) mass is 402 g/mol. The van der Waals surface area contributed by atoms with E-state index in [9.17, 15) is 10.4 Å². The second-order valence-electron chi connectivity index (χ2n) is 5.39. The number of hydrogen-bond acceptors (Lipinski definition) is 6. The number of rotatable bonds is 3. The Morgan fingerprint density at radius 1 is 1.24 bits per heavy atom. The van der Waals surface area contributed by atoms with Crippen molar-refractivity contribution in [2.75, 3.05) is 14.2 Å². The molecular formula is C18H15BrN2O4. The highest BCUT2D eigenvalue weighted by Crippen LogP contribution is 2.46. The molecule has 0 radical (unpaired) electrons. The van der Waals surface area contributed by atoms with E-state index >= 15 is 0 Å². The number of hydrogen-bond donors (Lipinski definition) is 2. The predicted molar refractivity (Wildman–Crippen MR) is 94.7 cm³/mol. The maximum Gasteiger partial charge on any atom is 0.205 e. The highest BCUT2D eigenvalue weighted by Gasteiger charge is 2.32. The van der Waals surface area contributed by atoms with Crippen molar-refractivity contribution in [1.82, 2.24) is 0 Å². The Balaban J connectivity index is 2.25. The average Bonchev–Trinajstić information content (AvgIpc) is 2.59. The maximum atomic E-state index is 9.70. The lowest BCUT2D eigenvalue weighted by Crippen LogP contribution is -2.21. The fraction of sp³-hybridized carbons (Fsp3) is 0.167. The van der Waals surface area contributed by atoms with Crippen LogP contribution in [0.5, 0.6) is 23.0 Å². The number of benzene rings is 2. The van der Waals surface area contributed by atoms with E-state index in [1.165, 1.54) is 6.07 Å². The number of nitrogens with zero attached hydrogens (tertiary/aromatic N) is 1. The first-order valence-corrected chi connectivity index (χ1v) is 8.11. The molecule has 25 heavy (non-hydrogen) atoms. The molecule has 2 aromatic rings. The molecule has 1 aliphatic rings. The Hall–Kier alpha value is -2.85. The van der Waals surface area contributed by atoms with Gasteiger partial charge in [0, 0.05) is 11.6 Å². The summed E-state index contributed by atoms with van der Waals surface area (Å²) in [5.41, 5.74) is 7.72. The molecule has 1 atom stereocenters. The van der Waals surface area contributed by atoms with Gasteiger partial charge in [-0.3, -0.25) is 0 Å². The molecule has 0 aromatic heterocycles. The van der Waals surface area contributed by atoms with Crippen LogP contribution in [0.1, 0.15) is 17.0 Å². The van der Waals surface area contributed by atoms with E-state index in [1.54, 1.807) is 32.4 Å². The Bertz CT molecular complexity index is 918.